The number of nitrogens with zero attached hydrogens (tertiary/aromatic N) is 1. The van der Waals surface area contributed by atoms with Gasteiger partial charge >= 0.3 is 5.97 Å². The van der Waals surface area contributed by atoms with E-state index < -0.39 is 11.9 Å². The zero-order valence-corrected chi connectivity index (χ0v) is 11.8. The molecule has 2 rings (SSSR count). The minimum atomic E-state index is -0.644. The van der Waals surface area contributed by atoms with Gasteiger partial charge in [0.25, 0.3) is 5.91 Å². The molecule has 0 unspecified atom stereocenters. The van der Waals surface area contributed by atoms with Crippen LogP contribution in [0, 0.1) is 5.82 Å². The van der Waals surface area contributed by atoms with Crippen LogP contribution in [0.15, 0.2) is 48.7 Å². The molecule has 6 heteroatoms. The van der Waals surface area contributed by atoms with E-state index in [0.29, 0.717) is 13.0 Å². The highest BCUT2D eigenvalue weighted by Crippen LogP contribution is 2.02. The fourth-order valence-electron chi connectivity index (χ4n) is 1.74. The number of rotatable bonds is 6. The molecular weight excluding hydrogens is 287 g/mol. The molecule has 0 aliphatic heterocycles. The Hall–Kier alpha value is -2.76. The van der Waals surface area contributed by atoms with Crippen LogP contribution in [0.25, 0.3) is 0 Å². The summed E-state index contributed by atoms with van der Waals surface area (Å²) in [5.41, 5.74) is 1.06. The van der Waals surface area contributed by atoms with Crippen LogP contribution < -0.4 is 5.32 Å². The minimum Gasteiger partial charge on any atom is -0.451 e. The number of esters is 1. The first-order valence-electron chi connectivity index (χ1n) is 6.74. The SMILES string of the molecule is O=C(COC(=O)c1ccccn1)NCCc1ccc(F)cc1. The second-order valence-corrected chi connectivity index (χ2v) is 4.52. The predicted octanol–water partition coefficient (Wildman–Crippen LogP) is 1.74. The Morgan fingerprint density at radius 3 is 2.59 bits per heavy atom. The Balaban J connectivity index is 1.68. The summed E-state index contributed by atoms with van der Waals surface area (Å²) in [6, 6.07) is 10.9. The van der Waals surface area contributed by atoms with Gasteiger partial charge in [0.2, 0.25) is 0 Å². The Labute approximate surface area is 127 Å². The maximum atomic E-state index is 12.7. The molecule has 1 aromatic heterocycles. The molecule has 1 N–H and O–H groups in total. The molecule has 0 bridgehead atoms. The van der Waals surface area contributed by atoms with Gasteiger partial charge in [-0.05, 0) is 36.2 Å². The van der Waals surface area contributed by atoms with E-state index in [2.05, 4.69) is 10.3 Å². The molecule has 0 aliphatic carbocycles. The summed E-state index contributed by atoms with van der Waals surface area (Å²) < 4.78 is 17.6. The molecule has 0 atom stereocenters. The lowest BCUT2D eigenvalue weighted by atomic mass is 10.1. The number of carbonyl (C=O) groups excluding carboxylic acids is 2. The molecule has 1 heterocycles. The number of halogens is 1. The largest absolute Gasteiger partial charge is 0.451 e. The van der Waals surface area contributed by atoms with E-state index in [0.717, 1.165) is 5.56 Å². The minimum absolute atomic E-state index is 0.154. The van der Waals surface area contributed by atoms with Crippen molar-refractivity contribution in [2.75, 3.05) is 13.2 Å². The maximum absolute atomic E-state index is 12.7. The highest BCUT2D eigenvalue weighted by atomic mass is 19.1. The molecule has 1 aromatic carbocycles. The lowest BCUT2D eigenvalue weighted by Crippen LogP contribution is -2.30. The van der Waals surface area contributed by atoms with Crippen LogP contribution in [0.4, 0.5) is 4.39 Å². The standard InChI is InChI=1S/C16H15FN2O3/c17-13-6-4-12(5-7-13)8-10-19-15(20)11-22-16(21)14-3-1-2-9-18-14/h1-7,9H,8,10-11H2,(H,19,20). The van der Waals surface area contributed by atoms with Gasteiger partial charge in [0.15, 0.2) is 6.61 Å². The molecule has 114 valence electrons. The average molecular weight is 302 g/mol. The Bertz CT molecular complexity index is 630. The molecule has 22 heavy (non-hydrogen) atoms. The van der Waals surface area contributed by atoms with Crippen LogP contribution in [0.3, 0.4) is 0 Å². The lowest BCUT2D eigenvalue weighted by molar-refractivity contribution is -0.124. The highest BCUT2D eigenvalue weighted by Gasteiger charge is 2.10. The Kier molecular flexibility index (Phi) is 5.59. The number of hydrogen-bond donors (Lipinski definition) is 1. The van der Waals surface area contributed by atoms with E-state index in [4.69, 9.17) is 4.74 Å². The van der Waals surface area contributed by atoms with Crippen LogP contribution in [0.5, 0.6) is 0 Å². The van der Waals surface area contributed by atoms with Gasteiger partial charge in [-0.25, -0.2) is 14.2 Å². The van der Waals surface area contributed by atoms with Crippen molar-refractivity contribution in [1.29, 1.82) is 0 Å². The number of aromatic nitrogens is 1. The second-order valence-electron chi connectivity index (χ2n) is 4.52. The molecule has 0 spiro atoms. The highest BCUT2D eigenvalue weighted by molar-refractivity contribution is 5.89. The fraction of sp³-hybridized carbons (Fsp3) is 0.188. The van der Waals surface area contributed by atoms with E-state index in [9.17, 15) is 14.0 Å². The smallest absolute Gasteiger partial charge is 0.357 e. The molecule has 0 saturated heterocycles. The second kappa shape index (κ2) is 7.87. The number of hydrogen-bond acceptors (Lipinski definition) is 4. The monoisotopic (exact) mass is 302 g/mol. The Morgan fingerprint density at radius 1 is 1.14 bits per heavy atom. The summed E-state index contributed by atoms with van der Waals surface area (Å²) in [6.45, 7) is 0.0183. The van der Waals surface area contributed by atoms with Crippen LogP contribution in [-0.4, -0.2) is 30.0 Å². The van der Waals surface area contributed by atoms with E-state index in [1.165, 1.54) is 24.4 Å². The van der Waals surface area contributed by atoms with E-state index in [-0.39, 0.29) is 18.1 Å². The third-order valence-electron chi connectivity index (χ3n) is 2.86. The third-order valence-corrected chi connectivity index (χ3v) is 2.86. The quantitative estimate of drug-likeness (QED) is 0.825. The van der Waals surface area contributed by atoms with Crippen LogP contribution in [0.2, 0.25) is 0 Å². The summed E-state index contributed by atoms with van der Waals surface area (Å²) in [4.78, 5) is 27.0. The lowest BCUT2D eigenvalue weighted by Gasteiger charge is -2.06. The number of pyridine rings is 1. The van der Waals surface area contributed by atoms with Gasteiger partial charge < -0.3 is 10.1 Å². The average Bonchev–Trinajstić information content (AvgIpc) is 2.55. The summed E-state index contributed by atoms with van der Waals surface area (Å²) in [5.74, 6) is -1.34. The summed E-state index contributed by atoms with van der Waals surface area (Å²) in [5, 5.41) is 2.62. The van der Waals surface area contributed by atoms with Crippen molar-refractivity contribution in [1.82, 2.24) is 10.3 Å². The van der Waals surface area contributed by atoms with E-state index in [1.54, 1.807) is 24.3 Å². The summed E-state index contributed by atoms with van der Waals surface area (Å²) >= 11 is 0. The van der Waals surface area contributed by atoms with Gasteiger partial charge in [-0.1, -0.05) is 18.2 Å². The van der Waals surface area contributed by atoms with E-state index in [1.807, 2.05) is 0 Å². The van der Waals surface area contributed by atoms with Gasteiger partial charge in [0, 0.05) is 12.7 Å². The number of amides is 1. The molecule has 5 nitrogen and oxygen atoms in total. The predicted molar refractivity (Wildman–Crippen MR) is 77.6 cm³/mol. The van der Waals surface area contributed by atoms with Crippen molar-refractivity contribution in [2.45, 2.75) is 6.42 Å². The van der Waals surface area contributed by atoms with Crippen LogP contribution in [0.1, 0.15) is 16.1 Å². The van der Waals surface area contributed by atoms with Crippen molar-refractivity contribution < 1.29 is 18.7 Å². The number of ether oxygens (including phenoxy) is 1. The number of benzene rings is 1. The molecular formula is C16H15FN2O3. The molecule has 0 radical (unpaired) electrons. The Morgan fingerprint density at radius 2 is 1.91 bits per heavy atom. The molecule has 0 fully saturated rings. The van der Waals surface area contributed by atoms with Gasteiger partial charge in [-0.3, -0.25) is 4.79 Å². The van der Waals surface area contributed by atoms with Crippen molar-refractivity contribution in [3.63, 3.8) is 0 Å². The first-order valence-corrected chi connectivity index (χ1v) is 6.74. The first-order chi connectivity index (χ1) is 10.6. The third kappa shape index (κ3) is 4.97. The summed E-state index contributed by atoms with van der Waals surface area (Å²) in [6.07, 6.45) is 2.04. The van der Waals surface area contributed by atoms with Gasteiger partial charge in [0.05, 0.1) is 0 Å². The topological polar surface area (TPSA) is 68.3 Å². The number of nitrogens with one attached hydrogen (secondary N) is 1. The van der Waals surface area contributed by atoms with Crippen LogP contribution in [-0.2, 0) is 16.0 Å². The van der Waals surface area contributed by atoms with Gasteiger partial charge in [0.1, 0.15) is 11.5 Å². The van der Waals surface area contributed by atoms with E-state index >= 15 is 0 Å². The molecule has 0 aliphatic rings. The van der Waals surface area contributed by atoms with Crippen molar-refractivity contribution >= 4 is 11.9 Å². The van der Waals surface area contributed by atoms with Crippen LogP contribution >= 0.6 is 0 Å². The zero-order chi connectivity index (χ0) is 15.8. The van der Waals surface area contributed by atoms with Crippen molar-refractivity contribution in [2.24, 2.45) is 0 Å². The molecule has 1 amide bonds. The maximum Gasteiger partial charge on any atom is 0.357 e. The normalized spacial score (nSPS) is 10.0. The first kappa shape index (κ1) is 15.6. The summed E-state index contributed by atoms with van der Waals surface area (Å²) in [7, 11) is 0. The van der Waals surface area contributed by atoms with Gasteiger partial charge in [-0.2, -0.15) is 0 Å². The van der Waals surface area contributed by atoms with Crippen molar-refractivity contribution in [3.05, 3.63) is 65.7 Å². The molecule has 0 saturated carbocycles. The molecule has 2 aromatic rings. The zero-order valence-electron chi connectivity index (χ0n) is 11.8. The number of carbonyl (C=O) groups is 2. The van der Waals surface area contributed by atoms with Crippen molar-refractivity contribution in [3.8, 4) is 0 Å². The fourth-order valence-corrected chi connectivity index (χ4v) is 1.74. The van der Waals surface area contributed by atoms with Gasteiger partial charge in [-0.15, -0.1) is 0 Å².